The van der Waals surface area contributed by atoms with Gasteiger partial charge >= 0.3 is 6.09 Å². The Morgan fingerprint density at radius 2 is 2.00 bits per heavy atom. The number of nitrogens with one attached hydrogen (secondary N) is 1. The summed E-state index contributed by atoms with van der Waals surface area (Å²) in [5.74, 6) is 0.183. The predicted octanol–water partition coefficient (Wildman–Crippen LogP) is 1.35. The number of rotatable bonds is 4. The van der Waals surface area contributed by atoms with E-state index in [4.69, 9.17) is 10.5 Å². The van der Waals surface area contributed by atoms with Crippen molar-refractivity contribution < 1.29 is 9.53 Å². The molecule has 1 aromatic heterocycles. The van der Waals surface area contributed by atoms with E-state index in [-0.39, 0.29) is 12.5 Å². The van der Waals surface area contributed by atoms with Crippen LogP contribution < -0.4 is 5.73 Å². The number of aromatic nitrogens is 4. The highest BCUT2D eigenvalue weighted by Gasteiger charge is 2.24. The molecule has 0 fully saturated rings. The van der Waals surface area contributed by atoms with E-state index in [1.54, 1.807) is 0 Å². The first kappa shape index (κ1) is 14.0. The van der Waals surface area contributed by atoms with Crippen molar-refractivity contribution >= 4 is 6.09 Å². The van der Waals surface area contributed by atoms with Crippen LogP contribution >= 0.6 is 0 Å². The van der Waals surface area contributed by atoms with E-state index in [9.17, 15) is 4.79 Å². The summed E-state index contributed by atoms with van der Waals surface area (Å²) in [5, 5.41) is 14.0. The van der Waals surface area contributed by atoms with Crippen LogP contribution in [0.5, 0.6) is 0 Å². The van der Waals surface area contributed by atoms with E-state index < -0.39 is 6.09 Å². The highest BCUT2D eigenvalue weighted by atomic mass is 16.5. The Balaban J connectivity index is 2.43. The van der Waals surface area contributed by atoms with E-state index in [2.05, 4.69) is 32.8 Å². The zero-order chi connectivity index (χ0) is 14.7. The second-order valence-corrected chi connectivity index (χ2v) is 4.77. The van der Waals surface area contributed by atoms with E-state index in [1.807, 2.05) is 20.8 Å². The number of aryl methyl sites for hydroxylation is 3. The minimum Gasteiger partial charge on any atom is -0.449 e. The van der Waals surface area contributed by atoms with Gasteiger partial charge in [0.25, 0.3) is 0 Å². The van der Waals surface area contributed by atoms with Crippen molar-refractivity contribution in [3.63, 3.8) is 0 Å². The first-order valence-electron chi connectivity index (χ1n) is 6.22. The minimum atomic E-state index is -0.819. The third-order valence-corrected chi connectivity index (χ3v) is 3.15. The second-order valence-electron chi connectivity index (χ2n) is 4.77. The van der Waals surface area contributed by atoms with E-state index in [0.29, 0.717) is 5.82 Å². The number of benzene rings is 1. The zero-order valence-corrected chi connectivity index (χ0v) is 11.7. The lowest BCUT2D eigenvalue weighted by atomic mass is 9.89. The number of aromatic amines is 1. The molecule has 0 aliphatic heterocycles. The molecule has 1 amide bonds. The zero-order valence-electron chi connectivity index (χ0n) is 11.7. The van der Waals surface area contributed by atoms with E-state index in [1.165, 1.54) is 5.56 Å². The lowest BCUT2D eigenvalue weighted by Gasteiger charge is -2.19. The van der Waals surface area contributed by atoms with Gasteiger partial charge < -0.3 is 10.5 Å². The Hall–Kier alpha value is -2.44. The van der Waals surface area contributed by atoms with Crippen LogP contribution in [-0.4, -0.2) is 33.3 Å². The number of amides is 1. The van der Waals surface area contributed by atoms with Gasteiger partial charge in [-0.1, -0.05) is 22.9 Å². The summed E-state index contributed by atoms with van der Waals surface area (Å²) in [5.41, 5.74) is 9.42. The molecule has 20 heavy (non-hydrogen) atoms. The molecule has 2 rings (SSSR count). The number of carbonyl (C=O) groups is 1. The molecule has 2 aromatic rings. The number of primary amides is 1. The van der Waals surface area contributed by atoms with Gasteiger partial charge in [0.05, 0.1) is 5.92 Å². The fourth-order valence-corrected chi connectivity index (χ4v) is 2.51. The van der Waals surface area contributed by atoms with Crippen LogP contribution in [0.4, 0.5) is 4.79 Å². The summed E-state index contributed by atoms with van der Waals surface area (Å²) in [7, 11) is 0. The van der Waals surface area contributed by atoms with Crippen LogP contribution in [0, 0.1) is 20.8 Å². The van der Waals surface area contributed by atoms with Crippen molar-refractivity contribution in [1.82, 2.24) is 20.6 Å². The fourth-order valence-electron chi connectivity index (χ4n) is 2.51. The summed E-state index contributed by atoms with van der Waals surface area (Å²) >= 11 is 0. The lowest BCUT2D eigenvalue weighted by molar-refractivity contribution is 0.152. The number of hydrogen-bond acceptors (Lipinski definition) is 5. The molecule has 0 spiro atoms. The van der Waals surface area contributed by atoms with Gasteiger partial charge in [-0.3, -0.25) is 0 Å². The van der Waals surface area contributed by atoms with Crippen LogP contribution in [0.1, 0.15) is 34.0 Å². The lowest BCUT2D eigenvalue weighted by Crippen LogP contribution is -2.20. The Morgan fingerprint density at radius 1 is 1.35 bits per heavy atom. The number of nitrogens with two attached hydrogens (primary N) is 1. The van der Waals surface area contributed by atoms with Gasteiger partial charge in [0.15, 0.2) is 5.82 Å². The molecule has 0 aliphatic carbocycles. The average molecular weight is 275 g/mol. The fraction of sp³-hybridized carbons (Fsp3) is 0.385. The predicted molar refractivity (Wildman–Crippen MR) is 72.2 cm³/mol. The third-order valence-electron chi connectivity index (χ3n) is 3.15. The third kappa shape index (κ3) is 2.93. The first-order chi connectivity index (χ1) is 9.49. The number of hydrogen-bond donors (Lipinski definition) is 2. The Bertz CT molecular complexity index is 586. The van der Waals surface area contributed by atoms with Gasteiger partial charge in [-0.05, 0) is 37.5 Å². The van der Waals surface area contributed by atoms with Crippen LogP contribution in [0.3, 0.4) is 0 Å². The van der Waals surface area contributed by atoms with Crippen LogP contribution in [0.2, 0.25) is 0 Å². The van der Waals surface area contributed by atoms with Crippen LogP contribution in [0.25, 0.3) is 0 Å². The van der Waals surface area contributed by atoms with Crippen molar-refractivity contribution in [3.05, 3.63) is 40.2 Å². The normalized spacial score (nSPS) is 12.2. The largest absolute Gasteiger partial charge is 0.449 e. The minimum absolute atomic E-state index is 0.0829. The maximum Gasteiger partial charge on any atom is 0.404 e. The van der Waals surface area contributed by atoms with Gasteiger partial charge in [0, 0.05) is 0 Å². The van der Waals surface area contributed by atoms with Crippen LogP contribution in [-0.2, 0) is 4.74 Å². The maximum absolute atomic E-state index is 10.9. The quantitative estimate of drug-likeness (QED) is 0.875. The Morgan fingerprint density at radius 3 is 2.50 bits per heavy atom. The molecule has 0 aliphatic rings. The number of ether oxygens (including phenoxy) is 1. The molecule has 1 aromatic carbocycles. The topological polar surface area (TPSA) is 107 Å². The summed E-state index contributed by atoms with van der Waals surface area (Å²) in [6.07, 6.45) is -0.819. The van der Waals surface area contributed by atoms with Gasteiger partial charge in [-0.2, -0.15) is 5.21 Å². The maximum atomic E-state index is 10.9. The molecule has 0 saturated carbocycles. The number of nitrogens with zero attached hydrogens (tertiary/aromatic N) is 3. The molecule has 3 N–H and O–H groups in total. The van der Waals surface area contributed by atoms with Gasteiger partial charge in [0.1, 0.15) is 6.61 Å². The van der Waals surface area contributed by atoms with E-state index in [0.717, 1.165) is 16.7 Å². The molecule has 0 bridgehead atoms. The Labute approximate surface area is 116 Å². The summed E-state index contributed by atoms with van der Waals surface area (Å²) in [6, 6.07) is 4.14. The van der Waals surface area contributed by atoms with Crippen molar-refractivity contribution in [2.75, 3.05) is 6.61 Å². The smallest absolute Gasteiger partial charge is 0.404 e. The molecule has 1 unspecified atom stereocenters. The molecule has 7 nitrogen and oxygen atoms in total. The van der Waals surface area contributed by atoms with Crippen LogP contribution in [0.15, 0.2) is 12.1 Å². The monoisotopic (exact) mass is 275 g/mol. The SMILES string of the molecule is Cc1cc(C)c(C(COC(N)=O)c2nn[nH]n2)c(C)c1. The Kier molecular flexibility index (Phi) is 3.97. The molecule has 106 valence electrons. The molecule has 7 heteroatoms. The average Bonchev–Trinajstić information content (AvgIpc) is 2.85. The van der Waals surface area contributed by atoms with Crippen molar-refractivity contribution in [3.8, 4) is 0 Å². The van der Waals surface area contributed by atoms with Crippen molar-refractivity contribution in [1.29, 1.82) is 0 Å². The number of tetrazole rings is 1. The van der Waals surface area contributed by atoms with Gasteiger partial charge in [-0.25, -0.2) is 4.79 Å². The molecular formula is C13H17N5O2. The highest BCUT2D eigenvalue weighted by molar-refractivity contribution is 5.64. The van der Waals surface area contributed by atoms with E-state index >= 15 is 0 Å². The molecule has 0 saturated heterocycles. The number of carbonyl (C=O) groups excluding carboxylic acids is 1. The molecule has 1 atom stereocenters. The van der Waals surface area contributed by atoms with Gasteiger partial charge in [0.2, 0.25) is 0 Å². The number of H-pyrrole nitrogens is 1. The molecule has 0 radical (unpaired) electrons. The standard InChI is InChI=1S/C13H17N5O2/c1-7-4-8(2)11(9(3)5-7)10(6-20-13(14)19)12-15-17-18-16-12/h4-5,10H,6H2,1-3H3,(H2,14,19)(H,15,16,17,18). The summed E-state index contributed by atoms with van der Waals surface area (Å²) in [6.45, 7) is 6.13. The van der Waals surface area contributed by atoms with Crippen molar-refractivity contribution in [2.45, 2.75) is 26.7 Å². The summed E-state index contributed by atoms with van der Waals surface area (Å²) in [4.78, 5) is 10.9. The highest BCUT2D eigenvalue weighted by Crippen LogP contribution is 2.29. The molecular weight excluding hydrogens is 258 g/mol. The molecule has 1 heterocycles. The van der Waals surface area contributed by atoms with Crippen molar-refractivity contribution in [2.24, 2.45) is 5.73 Å². The first-order valence-corrected chi connectivity index (χ1v) is 6.22. The summed E-state index contributed by atoms with van der Waals surface area (Å²) < 4.78 is 4.94. The van der Waals surface area contributed by atoms with Gasteiger partial charge in [-0.15, -0.1) is 10.2 Å². The second kappa shape index (κ2) is 5.68.